The molecule has 3 fully saturated rings. The van der Waals surface area contributed by atoms with Gasteiger partial charge in [0.25, 0.3) is 0 Å². The second-order valence-electron chi connectivity index (χ2n) is 7.09. The first-order valence-corrected chi connectivity index (χ1v) is 8.49. The van der Waals surface area contributed by atoms with Gasteiger partial charge in [-0.15, -0.1) is 0 Å². The zero-order valence-corrected chi connectivity index (χ0v) is 13.6. The van der Waals surface area contributed by atoms with Gasteiger partial charge >= 0.3 is 6.03 Å². The lowest BCUT2D eigenvalue weighted by Gasteiger charge is -2.40. The number of nitrogens with zero attached hydrogens (tertiary/aromatic N) is 3. The van der Waals surface area contributed by atoms with E-state index in [0.29, 0.717) is 11.7 Å². The van der Waals surface area contributed by atoms with Crippen molar-refractivity contribution in [1.82, 2.24) is 15.0 Å². The Bertz CT molecular complexity index is 580. The van der Waals surface area contributed by atoms with Gasteiger partial charge in [-0.25, -0.2) is 4.79 Å². The normalized spacial score (nSPS) is 29.0. The van der Waals surface area contributed by atoms with Gasteiger partial charge in [-0.05, 0) is 26.2 Å². The molecule has 3 heterocycles. The average molecular weight is 320 g/mol. The third-order valence-electron chi connectivity index (χ3n) is 5.26. The molecule has 7 nitrogen and oxygen atoms in total. The van der Waals surface area contributed by atoms with E-state index in [1.54, 1.807) is 0 Å². The number of ether oxygens (including phenoxy) is 1. The Morgan fingerprint density at radius 2 is 2.13 bits per heavy atom. The van der Waals surface area contributed by atoms with Crippen LogP contribution in [0.3, 0.4) is 0 Å². The molecule has 2 saturated heterocycles. The minimum absolute atomic E-state index is 0.0458. The molecule has 1 atom stereocenters. The van der Waals surface area contributed by atoms with E-state index in [9.17, 15) is 4.79 Å². The molecule has 1 saturated carbocycles. The molecule has 7 heteroatoms. The Morgan fingerprint density at radius 3 is 2.87 bits per heavy atom. The summed E-state index contributed by atoms with van der Waals surface area (Å²) in [6.07, 6.45) is 3.31. The first-order valence-electron chi connectivity index (χ1n) is 8.49. The molecule has 1 unspecified atom stereocenters. The molecule has 1 N–H and O–H groups in total. The van der Waals surface area contributed by atoms with Crippen LogP contribution >= 0.6 is 0 Å². The molecule has 0 bridgehead atoms. The number of nitrogens with one attached hydrogen (secondary N) is 1. The number of carbonyl (C=O) groups excluding carboxylic acids is 1. The zero-order valence-electron chi connectivity index (χ0n) is 13.6. The van der Waals surface area contributed by atoms with Crippen molar-refractivity contribution >= 4 is 11.8 Å². The van der Waals surface area contributed by atoms with Crippen LogP contribution in [-0.4, -0.2) is 65.9 Å². The van der Waals surface area contributed by atoms with E-state index in [1.165, 1.54) is 0 Å². The van der Waals surface area contributed by atoms with Crippen LogP contribution in [0.5, 0.6) is 0 Å². The Labute approximate surface area is 135 Å². The molecule has 4 rings (SSSR count). The molecule has 1 aromatic heterocycles. The minimum atomic E-state index is -0.0855. The van der Waals surface area contributed by atoms with Gasteiger partial charge in [-0.2, -0.15) is 0 Å². The molecule has 0 spiro atoms. The molecule has 23 heavy (non-hydrogen) atoms. The third kappa shape index (κ3) is 3.07. The average Bonchev–Trinajstić information content (AvgIpc) is 3.18. The maximum Gasteiger partial charge on any atom is 0.323 e. The molecule has 1 aliphatic carbocycles. The fourth-order valence-corrected chi connectivity index (χ4v) is 3.58. The number of urea groups is 1. The van der Waals surface area contributed by atoms with Crippen molar-refractivity contribution in [3.8, 4) is 0 Å². The Hall–Kier alpha value is -1.60. The Balaban J connectivity index is 1.35. The highest BCUT2D eigenvalue weighted by Crippen LogP contribution is 2.40. The first-order chi connectivity index (χ1) is 11.1. The van der Waals surface area contributed by atoms with Crippen LogP contribution in [0.1, 0.15) is 37.9 Å². The molecule has 2 amide bonds. The van der Waals surface area contributed by atoms with E-state index in [2.05, 4.69) is 22.3 Å². The fourth-order valence-electron chi connectivity index (χ4n) is 3.58. The van der Waals surface area contributed by atoms with Gasteiger partial charge in [0.1, 0.15) is 5.76 Å². The van der Waals surface area contributed by atoms with E-state index in [0.717, 1.165) is 64.4 Å². The van der Waals surface area contributed by atoms with Gasteiger partial charge in [-0.1, -0.05) is 5.16 Å². The quantitative estimate of drug-likeness (QED) is 0.921. The summed E-state index contributed by atoms with van der Waals surface area (Å²) in [7, 11) is 0. The summed E-state index contributed by atoms with van der Waals surface area (Å²) in [6.45, 7) is 7.21. The summed E-state index contributed by atoms with van der Waals surface area (Å²) in [6, 6.07) is 1.77. The molecule has 1 aromatic rings. The second kappa shape index (κ2) is 5.79. The predicted molar refractivity (Wildman–Crippen MR) is 84.5 cm³/mol. The van der Waals surface area contributed by atoms with E-state index in [1.807, 2.05) is 11.0 Å². The zero-order chi connectivity index (χ0) is 15.9. The van der Waals surface area contributed by atoms with Gasteiger partial charge < -0.3 is 14.2 Å². The molecule has 0 radical (unpaired) electrons. The number of anilines is 1. The number of amides is 2. The number of rotatable bonds is 3. The van der Waals surface area contributed by atoms with Crippen LogP contribution < -0.4 is 5.32 Å². The number of likely N-dealkylation sites (tertiary alicyclic amines) is 1. The van der Waals surface area contributed by atoms with Gasteiger partial charge in [0.05, 0.1) is 13.2 Å². The van der Waals surface area contributed by atoms with Gasteiger partial charge in [0, 0.05) is 43.7 Å². The second-order valence-corrected chi connectivity index (χ2v) is 7.09. The fraction of sp³-hybridized carbons (Fsp3) is 0.750. The lowest BCUT2D eigenvalue weighted by Crippen LogP contribution is -2.53. The van der Waals surface area contributed by atoms with E-state index in [4.69, 9.17) is 9.26 Å². The van der Waals surface area contributed by atoms with Crippen LogP contribution in [0.4, 0.5) is 10.6 Å². The van der Waals surface area contributed by atoms with E-state index < -0.39 is 0 Å². The van der Waals surface area contributed by atoms with Gasteiger partial charge in [-0.3, -0.25) is 10.2 Å². The predicted octanol–water partition coefficient (Wildman–Crippen LogP) is 1.88. The molecule has 126 valence electrons. The summed E-state index contributed by atoms with van der Waals surface area (Å²) in [5.74, 6) is 1.92. The van der Waals surface area contributed by atoms with E-state index in [-0.39, 0.29) is 11.6 Å². The summed E-state index contributed by atoms with van der Waals surface area (Å²) in [5.41, 5.74) is 0.0458. The molecule has 3 aliphatic rings. The van der Waals surface area contributed by atoms with Crippen molar-refractivity contribution in [3.05, 3.63) is 11.8 Å². The summed E-state index contributed by atoms with van der Waals surface area (Å²) in [4.78, 5) is 16.8. The van der Waals surface area contributed by atoms with Crippen LogP contribution in [0.2, 0.25) is 0 Å². The lowest BCUT2D eigenvalue weighted by molar-refractivity contribution is -0.0116. The van der Waals surface area contributed by atoms with Crippen molar-refractivity contribution in [2.24, 2.45) is 0 Å². The van der Waals surface area contributed by atoms with Crippen LogP contribution in [-0.2, 0) is 4.74 Å². The maximum absolute atomic E-state index is 12.5. The molecule has 2 aliphatic heterocycles. The standard InChI is InChI=1S/C16H24N4O3/c1-16(20-6-8-22-9-7-20)4-5-19(11-16)15(21)17-14-10-13(23-18-14)12-2-3-12/h10,12H,2-9,11H2,1H3,(H,17,18,21). The number of carbonyl (C=O) groups is 1. The highest BCUT2D eigenvalue weighted by atomic mass is 16.5. The number of aromatic nitrogens is 1. The first kappa shape index (κ1) is 15.0. The summed E-state index contributed by atoms with van der Waals surface area (Å²) >= 11 is 0. The lowest BCUT2D eigenvalue weighted by atomic mass is 9.98. The number of morpholine rings is 1. The number of hydrogen-bond donors (Lipinski definition) is 1. The van der Waals surface area contributed by atoms with Crippen LogP contribution in [0, 0.1) is 0 Å². The van der Waals surface area contributed by atoms with Crippen molar-refractivity contribution in [1.29, 1.82) is 0 Å². The SMILES string of the molecule is CC1(N2CCOCC2)CCN(C(=O)Nc2cc(C3CC3)on2)C1. The summed E-state index contributed by atoms with van der Waals surface area (Å²) < 4.78 is 10.7. The highest BCUT2D eigenvalue weighted by molar-refractivity contribution is 5.88. The molecular weight excluding hydrogens is 296 g/mol. The highest BCUT2D eigenvalue weighted by Gasteiger charge is 2.41. The Morgan fingerprint density at radius 1 is 1.35 bits per heavy atom. The van der Waals surface area contributed by atoms with Crippen molar-refractivity contribution in [2.75, 3.05) is 44.7 Å². The smallest absolute Gasteiger partial charge is 0.323 e. The Kier molecular flexibility index (Phi) is 3.77. The topological polar surface area (TPSA) is 70.8 Å². The van der Waals surface area contributed by atoms with Crippen LogP contribution in [0.25, 0.3) is 0 Å². The van der Waals surface area contributed by atoms with Crippen molar-refractivity contribution in [3.63, 3.8) is 0 Å². The molecule has 0 aromatic carbocycles. The van der Waals surface area contributed by atoms with Crippen molar-refractivity contribution < 1.29 is 14.1 Å². The van der Waals surface area contributed by atoms with Gasteiger partial charge in [0.15, 0.2) is 5.82 Å². The van der Waals surface area contributed by atoms with E-state index >= 15 is 0 Å². The number of hydrogen-bond acceptors (Lipinski definition) is 5. The maximum atomic E-state index is 12.5. The monoisotopic (exact) mass is 320 g/mol. The largest absolute Gasteiger partial charge is 0.379 e. The third-order valence-corrected chi connectivity index (χ3v) is 5.26. The summed E-state index contributed by atoms with van der Waals surface area (Å²) in [5, 5.41) is 6.82. The van der Waals surface area contributed by atoms with Gasteiger partial charge in [0.2, 0.25) is 0 Å². The minimum Gasteiger partial charge on any atom is -0.379 e. The van der Waals surface area contributed by atoms with Crippen LogP contribution in [0.15, 0.2) is 10.6 Å². The molecular formula is C16H24N4O3. The van der Waals surface area contributed by atoms with Crippen molar-refractivity contribution in [2.45, 2.75) is 37.6 Å².